The van der Waals surface area contributed by atoms with Crippen LogP contribution in [-0.4, -0.2) is 31.7 Å². The summed E-state index contributed by atoms with van der Waals surface area (Å²) in [4.78, 5) is 24.2. The molecular formula is C19H17Cl2NO5. The molecule has 8 heteroatoms. The number of fused-ring (bicyclic) bond motifs is 1. The molecule has 0 unspecified atom stereocenters. The van der Waals surface area contributed by atoms with Gasteiger partial charge in [0.1, 0.15) is 13.2 Å². The van der Waals surface area contributed by atoms with Crippen molar-refractivity contribution >= 4 is 35.1 Å². The lowest BCUT2D eigenvalue weighted by molar-refractivity contribution is -0.124. The number of halogens is 2. The highest BCUT2D eigenvalue weighted by Crippen LogP contribution is 2.31. The first kappa shape index (κ1) is 19.3. The van der Waals surface area contributed by atoms with Crippen molar-refractivity contribution in [2.45, 2.75) is 13.0 Å². The number of carbonyl (C=O) groups is 2. The molecule has 1 atom stereocenters. The third kappa shape index (κ3) is 4.84. The first-order valence-electron chi connectivity index (χ1n) is 8.25. The summed E-state index contributed by atoms with van der Waals surface area (Å²) in [5.41, 5.74) is 1.07. The number of rotatable bonds is 5. The zero-order chi connectivity index (χ0) is 19.4. The Morgan fingerprint density at radius 3 is 2.56 bits per heavy atom. The molecule has 2 aromatic rings. The normalized spacial score (nSPS) is 13.6. The van der Waals surface area contributed by atoms with Gasteiger partial charge in [-0.1, -0.05) is 29.3 Å². The van der Waals surface area contributed by atoms with E-state index in [2.05, 4.69) is 5.32 Å². The molecule has 3 rings (SSSR count). The largest absolute Gasteiger partial charge is 0.486 e. The van der Waals surface area contributed by atoms with Gasteiger partial charge in [-0.2, -0.15) is 0 Å². The maximum absolute atomic E-state index is 12.1. The minimum Gasteiger partial charge on any atom is -0.486 e. The SMILES string of the molecule is C[C@@H](NC(=O)COC(=O)c1ccc2c(c1)OCCO2)c1ccc(Cl)c(Cl)c1. The predicted octanol–water partition coefficient (Wildman–Crippen LogP) is 3.80. The molecule has 6 nitrogen and oxygen atoms in total. The maximum atomic E-state index is 12.1. The summed E-state index contributed by atoms with van der Waals surface area (Å²) in [6, 6.07) is 9.51. The molecule has 0 aliphatic carbocycles. The summed E-state index contributed by atoms with van der Waals surface area (Å²) in [5.74, 6) is 0.00293. The van der Waals surface area contributed by atoms with Gasteiger partial charge < -0.3 is 19.5 Å². The molecule has 2 aromatic carbocycles. The molecule has 0 saturated heterocycles. The van der Waals surface area contributed by atoms with Gasteiger partial charge >= 0.3 is 5.97 Å². The number of hydrogen-bond donors (Lipinski definition) is 1. The van der Waals surface area contributed by atoms with Crippen LogP contribution in [0.25, 0.3) is 0 Å². The van der Waals surface area contributed by atoms with E-state index in [0.29, 0.717) is 34.8 Å². The zero-order valence-electron chi connectivity index (χ0n) is 14.5. The van der Waals surface area contributed by atoms with Gasteiger partial charge in [0.15, 0.2) is 18.1 Å². The van der Waals surface area contributed by atoms with Gasteiger partial charge in [-0.3, -0.25) is 4.79 Å². The first-order valence-corrected chi connectivity index (χ1v) is 9.00. The molecule has 1 amide bonds. The Morgan fingerprint density at radius 2 is 1.81 bits per heavy atom. The van der Waals surface area contributed by atoms with E-state index in [1.165, 1.54) is 6.07 Å². The Morgan fingerprint density at radius 1 is 1.07 bits per heavy atom. The van der Waals surface area contributed by atoms with Gasteiger partial charge in [0, 0.05) is 0 Å². The molecule has 0 fully saturated rings. The van der Waals surface area contributed by atoms with Crippen LogP contribution >= 0.6 is 23.2 Å². The second-order valence-electron chi connectivity index (χ2n) is 5.90. The average Bonchev–Trinajstić information content (AvgIpc) is 2.67. The highest BCUT2D eigenvalue weighted by atomic mass is 35.5. The first-order chi connectivity index (χ1) is 12.9. The van der Waals surface area contributed by atoms with Crippen LogP contribution in [-0.2, 0) is 9.53 Å². The zero-order valence-corrected chi connectivity index (χ0v) is 16.0. The molecule has 0 bridgehead atoms. The lowest BCUT2D eigenvalue weighted by Crippen LogP contribution is -2.31. The fraction of sp³-hybridized carbons (Fsp3) is 0.263. The van der Waals surface area contributed by atoms with Crippen LogP contribution < -0.4 is 14.8 Å². The highest BCUT2D eigenvalue weighted by molar-refractivity contribution is 6.42. The summed E-state index contributed by atoms with van der Waals surface area (Å²) in [5, 5.41) is 3.58. The van der Waals surface area contributed by atoms with Gasteiger partial charge in [0.05, 0.1) is 21.7 Å². The molecule has 0 aromatic heterocycles. The highest BCUT2D eigenvalue weighted by Gasteiger charge is 2.17. The number of hydrogen-bond acceptors (Lipinski definition) is 5. The van der Waals surface area contributed by atoms with E-state index < -0.39 is 18.5 Å². The van der Waals surface area contributed by atoms with Gasteiger partial charge in [-0.05, 0) is 42.8 Å². The number of benzene rings is 2. The fourth-order valence-electron chi connectivity index (χ4n) is 2.53. The summed E-state index contributed by atoms with van der Waals surface area (Å²) in [7, 11) is 0. The molecule has 1 heterocycles. The van der Waals surface area contributed by atoms with Crippen molar-refractivity contribution in [1.82, 2.24) is 5.32 Å². The Labute approximate surface area is 166 Å². The fourth-order valence-corrected chi connectivity index (χ4v) is 2.84. The Balaban J connectivity index is 1.54. The van der Waals surface area contributed by atoms with Crippen LogP contribution in [0, 0.1) is 0 Å². The van der Waals surface area contributed by atoms with Gasteiger partial charge in [0.25, 0.3) is 5.91 Å². The molecule has 1 aliphatic rings. The molecule has 1 aliphatic heterocycles. The number of carbonyl (C=O) groups excluding carboxylic acids is 2. The van der Waals surface area contributed by atoms with Crippen molar-refractivity contribution in [3.05, 3.63) is 57.6 Å². The smallest absolute Gasteiger partial charge is 0.338 e. The van der Waals surface area contributed by atoms with E-state index in [-0.39, 0.29) is 11.6 Å². The summed E-state index contributed by atoms with van der Waals surface area (Å²) in [6.45, 7) is 2.27. The minimum absolute atomic E-state index is 0.282. The van der Waals surface area contributed by atoms with Crippen molar-refractivity contribution in [3.8, 4) is 11.5 Å². The van der Waals surface area contributed by atoms with E-state index in [1.54, 1.807) is 37.3 Å². The number of amides is 1. The predicted molar refractivity (Wildman–Crippen MR) is 101 cm³/mol. The van der Waals surface area contributed by atoms with Crippen LogP contribution in [0.1, 0.15) is 28.9 Å². The molecule has 0 saturated carbocycles. The topological polar surface area (TPSA) is 73.9 Å². The number of esters is 1. The molecule has 142 valence electrons. The Bertz CT molecular complexity index is 871. The van der Waals surface area contributed by atoms with Crippen molar-refractivity contribution in [1.29, 1.82) is 0 Å². The molecule has 0 spiro atoms. The Kier molecular flexibility index (Phi) is 6.08. The van der Waals surface area contributed by atoms with Crippen LogP contribution in [0.15, 0.2) is 36.4 Å². The van der Waals surface area contributed by atoms with Crippen molar-refractivity contribution in [3.63, 3.8) is 0 Å². The van der Waals surface area contributed by atoms with Gasteiger partial charge in [-0.25, -0.2) is 4.79 Å². The lowest BCUT2D eigenvalue weighted by atomic mass is 10.1. The van der Waals surface area contributed by atoms with Gasteiger partial charge in [0.2, 0.25) is 0 Å². The molecular weight excluding hydrogens is 393 g/mol. The van der Waals surface area contributed by atoms with E-state index in [1.807, 2.05) is 0 Å². The van der Waals surface area contributed by atoms with Gasteiger partial charge in [-0.15, -0.1) is 0 Å². The average molecular weight is 410 g/mol. The van der Waals surface area contributed by atoms with Crippen LogP contribution in [0.5, 0.6) is 11.5 Å². The van der Waals surface area contributed by atoms with E-state index in [0.717, 1.165) is 5.56 Å². The van der Waals surface area contributed by atoms with E-state index in [4.69, 9.17) is 37.4 Å². The standard InChI is InChI=1S/C19H17Cl2NO5/c1-11(12-2-4-14(20)15(21)8-12)22-18(23)10-27-19(24)13-3-5-16-17(9-13)26-7-6-25-16/h2-5,8-9,11H,6-7,10H2,1H3,(H,22,23)/t11-/m1/s1. The summed E-state index contributed by atoms with van der Waals surface area (Å²) >= 11 is 11.9. The summed E-state index contributed by atoms with van der Waals surface area (Å²) < 4.78 is 15.9. The Hall–Kier alpha value is -2.44. The van der Waals surface area contributed by atoms with Crippen molar-refractivity contribution < 1.29 is 23.8 Å². The molecule has 1 N–H and O–H groups in total. The van der Waals surface area contributed by atoms with Crippen molar-refractivity contribution in [2.24, 2.45) is 0 Å². The second kappa shape index (κ2) is 8.50. The second-order valence-corrected chi connectivity index (χ2v) is 6.71. The minimum atomic E-state index is -0.621. The van der Waals surface area contributed by atoms with Crippen molar-refractivity contribution in [2.75, 3.05) is 19.8 Å². The summed E-state index contributed by atoms with van der Waals surface area (Å²) in [6.07, 6.45) is 0. The van der Waals surface area contributed by atoms with Crippen LogP contribution in [0.2, 0.25) is 10.0 Å². The van der Waals surface area contributed by atoms with Crippen LogP contribution in [0.3, 0.4) is 0 Å². The quantitative estimate of drug-likeness (QED) is 0.760. The molecule has 0 radical (unpaired) electrons. The number of nitrogens with one attached hydrogen (secondary N) is 1. The third-order valence-corrected chi connectivity index (χ3v) is 4.67. The lowest BCUT2D eigenvalue weighted by Gasteiger charge is -2.18. The number of ether oxygens (including phenoxy) is 3. The monoisotopic (exact) mass is 409 g/mol. The third-order valence-electron chi connectivity index (χ3n) is 3.93. The maximum Gasteiger partial charge on any atom is 0.338 e. The van der Waals surface area contributed by atoms with Crippen LogP contribution in [0.4, 0.5) is 0 Å². The molecule has 27 heavy (non-hydrogen) atoms. The van der Waals surface area contributed by atoms with E-state index >= 15 is 0 Å². The van der Waals surface area contributed by atoms with E-state index in [9.17, 15) is 9.59 Å².